The van der Waals surface area contributed by atoms with Gasteiger partial charge in [0, 0.05) is 16.3 Å². The van der Waals surface area contributed by atoms with Crippen molar-refractivity contribution >= 4 is 27.9 Å². The molecule has 30 heavy (non-hydrogen) atoms. The maximum absolute atomic E-state index is 5.13. The molecule has 152 valence electrons. The van der Waals surface area contributed by atoms with E-state index in [0.29, 0.717) is 0 Å². The number of benzene rings is 3. The van der Waals surface area contributed by atoms with Crippen LogP contribution in [0, 0.1) is 0 Å². The fourth-order valence-electron chi connectivity index (χ4n) is 3.98. The molecule has 1 aromatic heterocycles. The number of pyridine rings is 1. The standard InChI is InChI=1S/C29H31N/c1-8-19-9-11-20(12-10-19)27-23-15-13-21(28(2,3)4)17-25(23)30-26-18-22(29(5,6)7)14-16-24(26)27/h8-18H,1H2,2-7H3. The Labute approximate surface area is 180 Å². The first-order valence-corrected chi connectivity index (χ1v) is 10.7. The summed E-state index contributed by atoms with van der Waals surface area (Å²) in [4.78, 5) is 5.13. The Morgan fingerprint density at radius 1 is 0.667 bits per heavy atom. The Balaban J connectivity index is 2.09. The lowest BCUT2D eigenvalue weighted by Gasteiger charge is -2.22. The highest BCUT2D eigenvalue weighted by Gasteiger charge is 2.19. The second kappa shape index (κ2) is 7.09. The lowest BCUT2D eigenvalue weighted by atomic mass is 9.84. The highest BCUT2D eigenvalue weighted by atomic mass is 14.7. The Morgan fingerprint density at radius 3 is 1.53 bits per heavy atom. The van der Waals surface area contributed by atoms with Crippen LogP contribution in [0.4, 0.5) is 0 Å². The SMILES string of the molecule is C=Cc1ccc(-c2c3ccc(C(C)(C)C)cc3nc3cc(C(C)(C)C)ccc23)cc1. The molecule has 0 radical (unpaired) electrons. The van der Waals surface area contributed by atoms with E-state index < -0.39 is 0 Å². The minimum atomic E-state index is 0.0872. The molecule has 0 N–H and O–H groups in total. The smallest absolute Gasteiger partial charge is 0.0718 e. The zero-order chi connectivity index (χ0) is 21.7. The summed E-state index contributed by atoms with van der Waals surface area (Å²) in [6.07, 6.45) is 1.89. The number of aromatic nitrogens is 1. The summed E-state index contributed by atoms with van der Waals surface area (Å²) in [6, 6.07) is 22.2. The maximum Gasteiger partial charge on any atom is 0.0718 e. The van der Waals surface area contributed by atoms with Crippen LogP contribution < -0.4 is 0 Å². The molecule has 3 aromatic carbocycles. The first-order valence-electron chi connectivity index (χ1n) is 10.7. The summed E-state index contributed by atoms with van der Waals surface area (Å²) in [5, 5.41) is 2.40. The van der Waals surface area contributed by atoms with Crippen molar-refractivity contribution in [3.05, 3.63) is 83.9 Å². The van der Waals surface area contributed by atoms with E-state index in [4.69, 9.17) is 4.98 Å². The van der Waals surface area contributed by atoms with Gasteiger partial charge < -0.3 is 0 Å². The van der Waals surface area contributed by atoms with Crippen molar-refractivity contribution in [3.8, 4) is 11.1 Å². The molecule has 0 amide bonds. The van der Waals surface area contributed by atoms with Gasteiger partial charge in [0.1, 0.15) is 0 Å². The molecule has 0 atom stereocenters. The lowest BCUT2D eigenvalue weighted by Crippen LogP contribution is -2.11. The molecule has 1 nitrogen and oxygen atoms in total. The molecule has 0 aliphatic carbocycles. The summed E-state index contributed by atoms with van der Waals surface area (Å²) in [5.74, 6) is 0. The van der Waals surface area contributed by atoms with Crippen LogP contribution in [0.15, 0.2) is 67.2 Å². The van der Waals surface area contributed by atoms with E-state index >= 15 is 0 Å². The molecule has 1 heteroatoms. The monoisotopic (exact) mass is 393 g/mol. The number of nitrogens with zero attached hydrogens (tertiary/aromatic N) is 1. The van der Waals surface area contributed by atoms with Gasteiger partial charge in [-0.15, -0.1) is 0 Å². The summed E-state index contributed by atoms with van der Waals surface area (Å²) >= 11 is 0. The highest BCUT2D eigenvalue weighted by molar-refractivity contribution is 6.09. The van der Waals surface area contributed by atoms with E-state index in [2.05, 4.69) is 109 Å². The highest BCUT2D eigenvalue weighted by Crippen LogP contribution is 2.38. The normalized spacial score (nSPS) is 12.5. The molecule has 0 aliphatic heterocycles. The Bertz CT molecular complexity index is 1170. The quantitative estimate of drug-likeness (QED) is 0.312. The van der Waals surface area contributed by atoms with Gasteiger partial charge >= 0.3 is 0 Å². The molecule has 0 fully saturated rings. The average Bonchev–Trinajstić information content (AvgIpc) is 2.70. The zero-order valence-corrected chi connectivity index (χ0v) is 19.0. The molecule has 0 aliphatic rings. The van der Waals surface area contributed by atoms with Crippen molar-refractivity contribution < 1.29 is 0 Å². The van der Waals surface area contributed by atoms with Crippen molar-refractivity contribution in [1.82, 2.24) is 4.98 Å². The largest absolute Gasteiger partial charge is 0.248 e. The minimum Gasteiger partial charge on any atom is -0.248 e. The van der Waals surface area contributed by atoms with Gasteiger partial charge in [-0.25, -0.2) is 4.98 Å². The van der Waals surface area contributed by atoms with Crippen molar-refractivity contribution in [2.75, 3.05) is 0 Å². The van der Waals surface area contributed by atoms with Gasteiger partial charge in [-0.3, -0.25) is 0 Å². The molecule has 4 rings (SSSR count). The van der Waals surface area contributed by atoms with Crippen LogP contribution in [-0.2, 0) is 10.8 Å². The predicted octanol–water partition coefficient (Wildman–Crippen LogP) is 8.29. The van der Waals surface area contributed by atoms with Gasteiger partial charge in [0.2, 0.25) is 0 Å². The minimum absolute atomic E-state index is 0.0872. The third kappa shape index (κ3) is 3.65. The van der Waals surface area contributed by atoms with Crippen LogP contribution in [-0.4, -0.2) is 4.98 Å². The van der Waals surface area contributed by atoms with Gasteiger partial charge in [0.05, 0.1) is 11.0 Å². The third-order valence-electron chi connectivity index (χ3n) is 5.94. The molecule has 0 spiro atoms. The first-order chi connectivity index (χ1) is 14.1. The van der Waals surface area contributed by atoms with Gasteiger partial charge in [0.25, 0.3) is 0 Å². The number of hydrogen-bond acceptors (Lipinski definition) is 1. The molecule has 1 heterocycles. The predicted molar refractivity (Wildman–Crippen MR) is 132 cm³/mol. The molecule has 4 aromatic rings. The summed E-state index contributed by atoms with van der Waals surface area (Å²) in [5.41, 5.74) is 8.51. The van der Waals surface area contributed by atoms with Gasteiger partial charge in [-0.2, -0.15) is 0 Å². The summed E-state index contributed by atoms with van der Waals surface area (Å²) in [6.45, 7) is 17.4. The van der Waals surface area contributed by atoms with Crippen LogP contribution in [0.3, 0.4) is 0 Å². The molecule has 0 saturated heterocycles. The summed E-state index contributed by atoms with van der Waals surface area (Å²) in [7, 11) is 0. The second-order valence-electron chi connectivity index (χ2n) is 10.3. The van der Waals surface area contributed by atoms with Crippen LogP contribution in [0.1, 0.15) is 58.2 Å². The molecular formula is C29H31N. The van der Waals surface area contributed by atoms with Crippen LogP contribution in [0.2, 0.25) is 0 Å². The number of hydrogen-bond donors (Lipinski definition) is 0. The number of fused-ring (bicyclic) bond motifs is 2. The lowest BCUT2D eigenvalue weighted by molar-refractivity contribution is 0.591. The van der Waals surface area contributed by atoms with Crippen molar-refractivity contribution in [1.29, 1.82) is 0 Å². The van der Waals surface area contributed by atoms with E-state index in [0.717, 1.165) is 16.6 Å². The zero-order valence-electron chi connectivity index (χ0n) is 19.0. The van der Waals surface area contributed by atoms with Gasteiger partial charge in [-0.05, 0) is 45.2 Å². The van der Waals surface area contributed by atoms with E-state index in [9.17, 15) is 0 Å². The topological polar surface area (TPSA) is 12.9 Å². The van der Waals surface area contributed by atoms with E-state index in [-0.39, 0.29) is 10.8 Å². The van der Waals surface area contributed by atoms with Crippen molar-refractivity contribution in [2.45, 2.75) is 52.4 Å². The van der Waals surface area contributed by atoms with Gasteiger partial charge in [0.15, 0.2) is 0 Å². The Morgan fingerprint density at radius 2 is 1.13 bits per heavy atom. The molecule has 0 unspecified atom stereocenters. The Hall–Kier alpha value is -2.93. The molecular weight excluding hydrogens is 362 g/mol. The molecule has 0 saturated carbocycles. The third-order valence-corrected chi connectivity index (χ3v) is 5.94. The van der Waals surface area contributed by atoms with Crippen LogP contribution >= 0.6 is 0 Å². The Kier molecular flexibility index (Phi) is 4.81. The maximum atomic E-state index is 5.13. The fourth-order valence-corrected chi connectivity index (χ4v) is 3.98. The van der Waals surface area contributed by atoms with Crippen molar-refractivity contribution in [2.24, 2.45) is 0 Å². The van der Waals surface area contributed by atoms with Crippen LogP contribution in [0.5, 0.6) is 0 Å². The van der Waals surface area contributed by atoms with Crippen molar-refractivity contribution in [3.63, 3.8) is 0 Å². The van der Waals surface area contributed by atoms with Gasteiger partial charge in [-0.1, -0.05) is 103 Å². The van der Waals surface area contributed by atoms with E-state index in [1.165, 1.54) is 33.0 Å². The molecule has 0 bridgehead atoms. The van der Waals surface area contributed by atoms with Crippen LogP contribution in [0.25, 0.3) is 39.0 Å². The van der Waals surface area contributed by atoms with E-state index in [1.807, 2.05) is 6.08 Å². The van der Waals surface area contributed by atoms with E-state index in [1.54, 1.807) is 0 Å². The number of rotatable bonds is 2. The first kappa shape index (κ1) is 20.3. The average molecular weight is 394 g/mol. The fraction of sp³-hybridized carbons (Fsp3) is 0.276. The second-order valence-corrected chi connectivity index (χ2v) is 10.3. The summed E-state index contributed by atoms with van der Waals surface area (Å²) < 4.78 is 0.